The second kappa shape index (κ2) is 7.03. The Morgan fingerprint density at radius 1 is 1.48 bits per heavy atom. The molecule has 0 saturated carbocycles. The second-order valence-electron chi connectivity index (χ2n) is 5.64. The Labute approximate surface area is 136 Å². The van der Waals surface area contributed by atoms with E-state index in [9.17, 15) is 0 Å². The third-order valence-electron chi connectivity index (χ3n) is 3.84. The summed E-state index contributed by atoms with van der Waals surface area (Å²) in [6.07, 6.45) is 0.846. The summed E-state index contributed by atoms with van der Waals surface area (Å²) in [7, 11) is 0. The van der Waals surface area contributed by atoms with E-state index in [2.05, 4.69) is 31.7 Å². The van der Waals surface area contributed by atoms with Crippen LogP contribution in [0.2, 0.25) is 5.02 Å². The number of hydrogen-bond acceptors (Lipinski definition) is 4. The van der Waals surface area contributed by atoms with Gasteiger partial charge in [0.15, 0.2) is 0 Å². The highest BCUT2D eigenvalue weighted by molar-refractivity contribution is 8.00. The van der Waals surface area contributed by atoms with Gasteiger partial charge >= 0.3 is 0 Å². The summed E-state index contributed by atoms with van der Waals surface area (Å²) in [5, 5.41) is 0.774. The lowest BCUT2D eigenvalue weighted by Crippen LogP contribution is -2.37. The molecule has 0 bridgehead atoms. The molecule has 0 saturated heterocycles. The topological polar surface area (TPSA) is 41.6 Å². The number of rotatable bonds is 6. The number of amidine groups is 1. The molecule has 0 spiro atoms. The summed E-state index contributed by atoms with van der Waals surface area (Å²) in [5.41, 5.74) is 5.73. The predicted octanol–water partition coefficient (Wildman–Crippen LogP) is 3.87. The number of halogens is 1. The molecule has 21 heavy (non-hydrogen) atoms. The molecule has 1 unspecified atom stereocenters. The minimum absolute atomic E-state index is 0.148. The molecule has 0 fully saturated rings. The molecule has 2 rings (SSSR count). The van der Waals surface area contributed by atoms with Gasteiger partial charge in [0.25, 0.3) is 0 Å². The molecule has 3 nitrogen and oxygen atoms in total. The zero-order valence-corrected chi connectivity index (χ0v) is 14.5. The van der Waals surface area contributed by atoms with Crippen molar-refractivity contribution >= 4 is 29.2 Å². The Morgan fingerprint density at radius 2 is 2.24 bits per heavy atom. The van der Waals surface area contributed by atoms with E-state index in [1.54, 1.807) is 0 Å². The van der Waals surface area contributed by atoms with E-state index in [4.69, 9.17) is 22.3 Å². The van der Waals surface area contributed by atoms with E-state index in [0.717, 1.165) is 30.4 Å². The second-order valence-corrected chi connectivity index (χ2v) is 7.46. The predicted molar refractivity (Wildman–Crippen MR) is 93.2 cm³/mol. The van der Waals surface area contributed by atoms with Crippen LogP contribution in [0.1, 0.15) is 27.2 Å². The van der Waals surface area contributed by atoms with Gasteiger partial charge in [0, 0.05) is 22.9 Å². The first-order valence-corrected chi connectivity index (χ1v) is 8.68. The lowest BCUT2D eigenvalue weighted by molar-refractivity contribution is 0.366. The van der Waals surface area contributed by atoms with E-state index in [-0.39, 0.29) is 4.87 Å². The summed E-state index contributed by atoms with van der Waals surface area (Å²) < 4.78 is 0. The first kappa shape index (κ1) is 16.7. The first-order chi connectivity index (χ1) is 10.0. The van der Waals surface area contributed by atoms with E-state index in [0.29, 0.717) is 12.5 Å². The normalized spacial score (nSPS) is 22.0. The smallest absolute Gasteiger partial charge is 0.132 e. The van der Waals surface area contributed by atoms with Crippen LogP contribution in [0.4, 0.5) is 0 Å². The van der Waals surface area contributed by atoms with Crippen molar-refractivity contribution < 1.29 is 0 Å². The molecule has 2 N–H and O–H groups in total. The lowest BCUT2D eigenvalue weighted by Gasteiger charge is -2.31. The van der Waals surface area contributed by atoms with Crippen molar-refractivity contribution in [2.45, 2.75) is 37.0 Å². The van der Waals surface area contributed by atoms with Gasteiger partial charge in [0.1, 0.15) is 10.7 Å². The molecule has 0 radical (unpaired) electrons. The average molecular weight is 326 g/mol. The van der Waals surface area contributed by atoms with Gasteiger partial charge in [-0.2, -0.15) is 0 Å². The molecule has 1 aliphatic rings. The van der Waals surface area contributed by atoms with Crippen LogP contribution in [0, 0.1) is 5.92 Å². The van der Waals surface area contributed by atoms with Crippen molar-refractivity contribution in [3.05, 3.63) is 29.3 Å². The van der Waals surface area contributed by atoms with Crippen LogP contribution in [0.5, 0.6) is 0 Å². The standard InChI is InChI=1S/C16H24ClN3S/c1-4-20-11-16(12(2)3,19-15(20)8-9-18)21-14-7-5-6-13(17)10-14/h5-7,10,12H,4,8-9,11,18H2,1-3H3. The number of hydrogen-bond donors (Lipinski definition) is 1. The Balaban J connectivity index is 2.30. The van der Waals surface area contributed by atoms with Crippen LogP contribution in [-0.4, -0.2) is 35.2 Å². The number of nitrogens with two attached hydrogens (primary N) is 1. The molecule has 1 atom stereocenters. The fourth-order valence-corrected chi connectivity index (χ4v) is 4.15. The average Bonchev–Trinajstić information content (AvgIpc) is 2.78. The molecule has 0 aliphatic carbocycles. The van der Waals surface area contributed by atoms with Crippen LogP contribution in [0.25, 0.3) is 0 Å². The lowest BCUT2D eigenvalue weighted by atomic mass is 10.0. The SMILES string of the molecule is CCN1CC(Sc2cccc(Cl)c2)(C(C)C)N=C1CCN. The maximum atomic E-state index is 6.11. The number of benzene rings is 1. The monoisotopic (exact) mass is 325 g/mol. The number of likely N-dealkylation sites (N-methyl/N-ethyl adjacent to an activating group) is 1. The minimum Gasteiger partial charge on any atom is -0.357 e. The van der Waals surface area contributed by atoms with Crippen molar-refractivity contribution in [2.75, 3.05) is 19.6 Å². The van der Waals surface area contributed by atoms with Gasteiger partial charge in [-0.25, -0.2) is 0 Å². The Bertz CT molecular complexity index is 518. The molecule has 0 aromatic heterocycles. The Hall–Kier alpha value is -0.710. The highest BCUT2D eigenvalue weighted by atomic mass is 35.5. The highest BCUT2D eigenvalue weighted by Gasteiger charge is 2.42. The zero-order valence-electron chi connectivity index (χ0n) is 13.0. The summed E-state index contributed by atoms with van der Waals surface area (Å²) in [6, 6.07) is 8.02. The van der Waals surface area contributed by atoms with Crippen molar-refractivity contribution in [3.63, 3.8) is 0 Å². The molecular formula is C16H24ClN3S. The van der Waals surface area contributed by atoms with Crippen molar-refractivity contribution in [2.24, 2.45) is 16.6 Å². The molecule has 1 aromatic rings. The molecule has 5 heteroatoms. The van der Waals surface area contributed by atoms with Gasteiger partial charge in [-0.3, -0.25) is 4.99 Å². The van der Waals surface area contributed by atoms with Crippen LogP contribution in [0.3, 0.4) is 0 Å². The fourth-order valence-electron chi connectivity index (χ4n) is 2.55. The van der Waals surface area contributed by atoms with Gasteiger partial charge in [0.2, 0.25) is 0 Å². The van der Waals surface area contributed by atoms with Crippen molar-refractivity contribution in [3.8, 4) is 0 Å². The summed E-state index contributed by atoms with van der Waals surface area (Å²) in [4.78, 5) is 8.44. The number of nitrogens with zero attached hydrogens (tertiary/aromatic N) is 2. The summed E-state index contributed by atoms with van der Waals surface area (Å²) >= 11 is 7.93. The number of aliphatic imine (C=N–C) groups is 1. The Kier molecular flexibility index (Phi) is 5.58. The maximum absolute atomic E-state index is 6.11. The van der Waals surface area contributed by atoms with Crippen LogP contribution >= 0.6 is 23.4 Å². The fraction of sp³-hybridized carbons (Fsp3) is 0.562. The van der Waals surface area contributed by atoms with E-state index in [1.807, 2.05) is 30.0 Å². The quantitative estimate of drug-likeness (QED) is 0.863. The van der Waals surface area contributed by atoms with Crippen LogP contribution < -0.4 is 5.73 Å². The van der Waals surface area contributed by atoms with E-state index >= 15 is 0 Å². The van der Waals surface area contributed by atoms with Gasteiger partial charge in [-0.1, -0.05) is 43.3 Å². The molecular weight excluding hydrogens is 302 g/mol. The molecule has 1 aromatic carbocycles. The van der Waals surface area contributed by atoms with Crippen molar-refractivity contribution in [1.29, 1.82) is 0 Å². The van der Waals surface area contributed by atoms with Crippen molar-refractivity contribution in [1.82, 2.24) is 4.90 Å². The van der Waals surface area contributed by atoms with Crippen LogP contribution in [0.15, 0.2) is 34.2 Å². The van der Waals surface area contributed by atoms with Gasteiger partial charge in [-0.15, -0.1) is 0 Å². The third-order valence-corrected chi connectivity index (χ3v) is 5.61. The minimum atomic E-state index is -0.148. The molecule has 116 valence electrons. The highest BCUT2D eigenvalue weighted by Crippen LogP contribution is 2.44. The molecule has 1 aliphatic heterocycles. The summed E-state index contributed by atoms with van der Waals surface area (Å²) in [6.45, 7) is 9.20. The van der Waals surface area contributed by atoms with E-state index < -0.39 is 0 Å². The van der Waals surface area contributed by atoms with Gasteiger partial charge in [0.05, 0.1) is 6.54 Å². The van der Waals surface area contributed by atoms with Gasteiger partial charge in [-0.05, 0) is 37.6 Å². The van der Waals surface area contributed by atoms with E-state index in [1.165, 1.54) is 4.90 Å². The Morgan fingerprint density at radius 3 is 2.81 bits per heavy atom. The number of thioether (sulfide) groups is 1. The van der Waals surface area contributed by atoms with Gasteiger partial charge < -0.3 is 10.6 Å². The third kappa shape index (κ3) is 3.74. The molecule has 0 amide bonds. The summed E-state index contributed by atoms with van der Waals surface area (Å²) in [5.74, 6) is 1.58. The largest absolute Gasteiger partial charge is 0.357 e. The first-order valence-electron chi connectivity index (χ1n) is 7.49. The zero-order chi connectivity index (χ0) is 15.5. The maximum Gasteiger partial charge on any atom is 0.132 e. The van der Waals surface area contributed by atoms with Crippen LogP contribution in [-0.2, 0) is 0 Å². The molecule has 1 heterocycles.